The fourth-order valence-corrected chi connectivity index (χ4v) is 2.60. The first-order valence-electron chi connectivity index (χ1n) is 7.31. The third-order valence-corrected chi connectivity index (χ3v) is 3.81. The molecule has 1 amide bonds. The summed E-state index contributed by atoms with van der Waals surface area (Å²) in [4.78, 5) is 17.8. The second-order valence-corrected chi connectivity index (χ2v) is 5.45. The predicted octanol–water partition coefficient (Wildman–Crippen LogP) is 1.47. The standard InChI is InChI=1S/C15H18FN5O/c16-10-2-1-5-21(9-10)14-4-3-11(6-19-14)18-7-12-13(17)8-20-15(12)22/h3-4,6-7,10,17-18H,1-2,5,8-9H2,(H,20,22)/b12-7+,17-13?/t10-/m0/s1. The first-order chi connectivity index (χ1) is 10.6. The van der Waals surface area contributed by atoms with E-state index in [2.05, 4.69) is 15.6 Å². The summed E-state index contributed by atoms with van der Waals surface area (Å²) in [5.74, 6) is 0.510. The molecular formula is C15H18FN5O. The Balaban J connectivity index is 1.65. The molecular weight excluding hydrogens is 285 g/mol. The van der Waals surface area contributed by atoms with E-state index in [1.165, 1.54) is 6.20 Å². The summed E-state index contributed by atoms with van der Waals surface area (Å²) in [7, 11) is 0. The van der Waals surface area contributed by atoms with Gasteiger partial charge in [-0.1, -0.05) is 0 Å². The molecule has 0 aliphatic carbocycles. The Kier molecular flexibility index (Phi) is 4.04. The highest BCUT2D eigenvalue weighted by atomic mass is 19.1. The van der Waals surface area contributed by atoms with E-state index >= 15 is 0 Å². The maximum atomic E-state index is 13.4. The van der Waals surface area contributed by atoms with E-state index in [1.807, 2.05) is 17.0 Å². The van der Waals surface area contributed by atoms with Crippen LogP contribution in [0.2, 0.25) is 0 Å². The molecule has 0 saturated carbocycles. The van der Waals surface area contributed by atoms with E-state index in [1.54, 1.807) is 6.20 Å². The van der Waals surface area contributed by atoms with Gasteiger partial charge < -0.3 is 20.9 Å². The van der Waals surface area contributed by atoms with Crippen molar-refractivity contribution in [1.82, 2.24) is 10.3 Å². The molecule has 3 N–H and O–H groups in total. The van der Waals surface area contributed by atoms with E-state index in [-0.39, 0.29) is 18.2 Å². The molecule has 2 fully saturated rings. The summed E-state index contributed by atoms with van der Waals surface area (Å²) in [5, 5.41) is 13.2. The Morgan fingerprint density at radius 2 is 2.36 bits per heavy atom. The summed E-state index contributed by atoms with van der Waals surface area (Å²) in [6, 6.07) is 3.66. The Morgan fingerprint density at radius 3 is 3.00 bits per heavy atom. The Bertz CT molecular complexity index is 595. The maximum Gasteiger partial charge on any atom is 0.254 e. The average molecular weight is 303 g/mol. The number of anilines is 2. The highest BCUT2D eigenvalue weighted by Crippen LogP contribution is 2.20. The normalized spacial score (nSPS) is 23.8. The van der Waals surface area contributed by atoms with Crippen molar-refractivity contribution < 1.29 is 9.18 Å². The molecule has 1 atom stereocenters. The van der Waals surface area contributed by atoms with Crippen LogP contribution in [0.3, 0.4) is 0 Å². The van der Waals surface area contributed by atoms with Gasteiger partial charge in [0.05, 0.1) is 36.3 Å². The molecule has 2 aliphatic heterocycles. The lowest BCUT2D eigenvalue weighted by Gasteiger charge is -2.29. The van der Waals surface area contributed by atoms with Gasteiger partial charge in [0.2, 0.25) is 0 Å². The third kappa shape index (κ3) is 3.08. The second kappa shape index (κ2) is 6.13. The van der Waals surface area contributed by atoms with Crippen molar-refractivity contribution in [3.63, 3.8) is 0 Å². The van der Waals surface area contributed by atoms with Gasteiger partial charge in [0.15, 0.2) is 0 Å². The monoisotopic (exact) mass is 303 g/mol. The van der Waals surface area contributed by atoms with Crippen LogP contribution in [0, 0.1) is 5.41 Å². The van der Waals surface area contributed by atoms with Gasteiger partial charge in [-0.05, 0) is 25.0 Å². The van der Waals surface area contributed by atoms with E-state index in [4.69, 9.17) is 5.41 Å². The second-order valence-electron chi connectivity index (χ2n) is 5.45. The number of carbonyl (C=O) groups is 1. The van der Waals surface area contributed by atoms with Crippen LogP contribution in [-0.4, -0.2) is 42.4 Å². The lowest BCUT2D eigenvalue weighted by atomic mass is 10.1. The molecule has 7 heteroatoms. The lowest BCUT2D eigenvalue weighted by molar-refractivity contribution is -0.116. The number of carbonyl (C=O) groups excluding carboxylic acids is 1. The number of nitrogens with one attached hydrogen (secondary N) is 3. The van der Waals surface area contributed by atoms with Gasteiger partial charge in [-0.2, -0.15) is 0 Å². The van der Waals surface area contributed by atoms with E-state index in [9.17, 15) is 9.18 Å². The number of aromatic nitrogens is 1. The molecule has 1 aromatic heterocycles. The highest BCUT2D eigenvalue weighted by Gasteiger charge is 2.22. The number of halogens is 1. The number of hydrogen-bond donors (Lipinski definition) is 3. The molecule has 0 bridgehead atoms. The SMILES string of the molecule is N=C1CNC(=O)/C1=C/Nc1ccc(N2CCC[C@H](F)C2)nc1. The number of rotatable bonds is 3. The van der Waals surface area contributed by atoms with Gasteiger partial charge in [0, 0.05) is 12.7 Å². The van der Waals surface area contributed by atoms with Crippen molar-refractivity contribution >= 4 is 23.1 Å². The smallest absolute Gasteiger partial charge is 0.254 e. The van der Waals surface area contributed by atoms with E-state index in [0.717, 1.165) is 24.5 Å². The molecule has 3 heterocycles. The zero-order chi connectivity index (χ0) is 15.5. The van der Waals surface area contributed by atoms with Crippen LogP contribution >= 0.6 is 0 Å². The van der Waals surface area contributed by atoms with Crippen molar-refractivity contribution in [3.8, 4) is 0 Å². The van der Waals surface area contributed by atoms with Gasteiger partial charge in [0.1, 0.15) is 12.0 Å². The lowest BCUT2D eigenvalue weighted by Crippen LogP contribution is -2.36. The maximum absolute atomic E-state index is 13.4. The molecule has 0 spiro atoms. The van der Waals surface area contributed by atoms with Gasteiger partial charge in [-0.15, -0.1) is 0 Å². The summed E-state index contributed by atoms with van der Waals surface area (Å²) >= 11 is 0. The fraction of sp³-hybridized carbons (Fsp3) is 0.400. The molecule has 22 heavy (non-hydrogen) atoms. The highest BCUT2D eigenvalue weighted by molar-refractivity contribution is 6.26. The zero-order valence-electron chi connectivity index (χ0n) is 12.1. The molecule has 3 rings (SSSR count). The van der Waals surface area contributed by atoms with Crippen LogP contribution < -0.4 is 15.5 Å². The fourth-order valence-electron chi connectivity index (χ4n) is 2.60. The number of piperidine rings is 1. The number of pyridine rings is 1. The third-order valence-electron chi connectivity index (χ3n) is 3.81. The van der Waals surface area contributed by atoms with Crippen LogP contribution in [0.15, 0.2) is 30.1 Å². The number of nitrogens with zero attached hydrogens (tertiary/aromatic N) is 2. The number of alkyl halides is 1. The molecule has 0 unspecified atom stereocenters. The number of hydrogen-bond acceptors (Lipinski definition) is 5. The molecule has 2 saturated heterocycles. The molecule has 6 nitrogen and oxygen atoms in total. The first-order valence-corrected chi connectivity index (χ1v) is 7.31. The minimum Gasteiger partial charge on any atom is -0.360 e. The minimum atomic E-state index is -0.787. The topological polar surface area (TPSA) is 81.1 Å². The van der Waals surface area contributed by atoms with Crippen molar-refractivity contribution in [2.45, 2.75) is 19.0 Å². The van der Waals surface area contributed by atoms with Crippen LogP contribution in [0.1, 0.15) is 12.8 Å². The molecule has 0 radical (unpaired) electrons. The summed E-state index contributed by atoms with van der Waals surface area (Å²) < 4.78 is 13.4. The predicted molar refractivity (Wildman–Crippen MR) is 83.0 cm³/mol. The summed E-state index contributed by atoms with van der Waals surface area (Å²) in [5.41, 5.74) is 1.32. The van der Waals surface area contributed by atoms with Gasteiger partial charge in [-0.3, -0.25) is 4.79 Å². The molecule has 0 aromatic carbocycles. The summed E-state index contributed by atoms with van der Waals surface area (Å²) in [6.45, 7) is 1.48. The largest absolute Gasteiger partial charge is 0.360 e. The van der Waals surface area contributed by atoms with Crippen LogP contribution in [0.4, 0.5) is 15.9 Å². The molecule has 116 valence electrons. The Hall–Kier alpha value is -2.44. The van der Waals surface area contributed by atoms with Crippen molar-refractivity contribution in [2.75, 3.05) is 29.9 Å². The van der Waals surface area contributed by atoms with E-state index in [0.29, 0.717) is 18.5 Å². The van der Waals surface area contributed by atoms with Crippen molar-refractivity contribution in [1.29, 1.82) is 5.41 Å². The molecule has 1 aromatic rings. The summed E-state index contributed by atoms with van der Waals surface area (Å²) in [6.07, 6.45) is 3.83. The zero-order valence-corrected chi connectivity index (χ0v) is 12.1. The van der Waals surface area contributed by atoms with Crippen molar-refractivity contribution in [3.05, 3.63) is 30.1 Å². The number of amides is 1. The Morgan fingerprint density at radius 1 is 1.50 bits per heavy atom. The minimum absolute atomic E-state index is 0.246. The first kappa shape index (κ1) is 14.5. The van der Waals surface area contributed by atoms with Crippen molar-refractivity contribution in [2.24, 2.45) is 0 Å². The van der Waals surface area contributed by atoms with E-state index < -0.39 is 6.17 Å². The van der Waals surface area contributed by atoms with Gasteiger partial charge in [-0.25, -0.2) is 9.37 Å². The molecule has 2 aliphatic rings. The van der Waals surface area contributed by atoms with Crippen LogP contribution in [-0.2, 0) is 4.79 Å². The van der Waals surface area contributed by atoms with Gasteiger partial charge in [0.25, 0.3) is 5.91 Å². The quantitative estimate of drug-likeness (QED) is 0.739. The van der Waals surface area contributed by atoms with Crippen LogP contribution in [0.5, 0.6) is 0 Å². The Labute approximate surface area is 127 Å². The van der Waals surface area contributed by atoms with Crippen LogP contribution in [0.25, 0.3) is 0 Å². The van der Waals surface area contributed by atoms with Gasteiger partial charge >= 0.3 is 0 Å². The average Bonchev–Trinajstić information content (AvgIpc) is 2.84.